The molecule has 8 heteroatoms. The van der Waals surface area contributed by atoms with E-state index in [1.165, 1.54) is 17.4 Å². The van der Waals surface area contributed by atoms with E-state index in [1.807, 2.05) is 11.0 Å². The molecule has 8 nitrogen and oxygen atoms in total. The zero-order chi connectivity index (χ0) is 17.8. The molecule has 138 valence electrons. The van der Waals surface area contributed by atoms with Crippen LogP contribution in [0, 0.1) is 11.8 Å². The Hall–Kier alpha value is -2.38. The van der Waals surface area contributed by atoms with Gasteiger partial charge in [0, 0.05) is 25.6 Å². The van der Waals surface area contributed by atoms with E-state index >= 15 is 0 Å². The molecule has 2 aliphatic carbocycles. The number of likely N-dealkylation sites (tertiary alicyclic amines) is 1. The van der Waals surface area contributed by atoms with Crippen molar-refractivity contribution in [2.24, 2.45) is 18.9 Å². The number of rotatable bonds is 5. The van der Waals surface area contributed by atoms with Crippen molar-refractivity contribution >= 4 is 5.91 Å². The molecular formula is C18H23N5O3. The fourth-order valence-corrected chi connectivity index (χ4v) is 4.30. The van der Waals surface area contributed by atoms with Crippen LogP contribution in [0.3, 0.4) is 0 Å². The van der Waals surface area contributed by atoms with Gasteiger partial charge in [0.15, 0.2) is 5.82 Å². The van der Waals surface area contributed by atoms with Crippen LogP contribution in [0.1, 0.15) is 61.3 Å². The standard InChI is InChI=1S/C18H23N5O3/c1-22-17(19-20-18(22)25)16-13(10-2-3-10)6-7-23(16)15(24)9-12-8-14(21-26-12)11-4-5-11/h8,10-11,13,16H,2-7,9H2,1H3,(H,20,25). The molecule has 3 heterocycles. The van der Waals surface area contributed by atoms with Gasteiger partial charge in [-0.2, -0.15) is 5.10 Å². The highest BCUT2D eigenvalue weighted by Crippen LogP contribution is 2.50. The summed E-state index contributed by atoms with van der Waals surface area (Å²) in [5.74, 6) is 2.84. The molecule has 2 saturated carbocycles. The van der Waals surface area contributed by atoms with Crippen molar-refractivity contribution < 1.29 is 9.32 Å². The Morgan fingerprint density at radius 3 is 2.77 bits per heavy atom. The van der Waals surface area contributed by atoms with E-state index in [9.17, 15) is 9.59 Å². The molecule has 2 aromatic rings. The molecule has 26 heavy (non-hydrogen) atoms. The minimum Gasteiger partial charge on any atom is -0.361 e. The Morgan fingerprint density at radius 2 is 2.12 bits per heavy atom. The van der Waals surface area contributed by atoms with E-state index in [0.29, 0.717) is 35.9 Å². The summed E-state index contributed by atoms with van der Waals surface area (Å²) in [7, 11) is 1.71. The first-order valence-corrected chi connectivity index (χ1v) is 9.48. The highest BCUT2D eigenvalue weighted by molar-refractivity contribution is 5.79. The van der Waals surface area contributed by atoms with Crippen molar-refractivity contribution in [2.75, 3.05) is 6.54 Å². The lowest BCUT2D eigenvalue weighted by Crippen LogP contribution is -2.35. The minimum absolute atomic E-state index is 0.0205. The maximum Gasteiger partial charge on any atom is 0.343 e. The zero-order valence-corrected chi connectivity index (χ0v) is 14.9. The summed E-state index contributed by atoms with van der Waals surface area (Å²) >= 11 is 0. The van der Waals surface area contributed by atoms with Crippen LogP contribution in [0.5, 0.6) is 0 Å². The molecule has 2 atom stereocenters. The summed E-state index contributed by atoms with van der Waals surface area (Å²) in [4.78, 5) is 26.7. The van der Waals surface area contributed by atoms with Crippen molar-refractivity contribution in [1.29, 1.82) is 0 Å². The average molecular weight is 357 g/mol. The number of H-pyrrole nitrogens is 1. The van der Waals surface area contributed by atoms with Crippen molar-refractivity contribution in [2.45, 2.75) is 50.5 Å². The van der Waals surface area contributed by atoms with E-state index in [1.54, 1.807) is 7.05 Å². The summed E-state index contributed by atoms with van der Waals surface area (Å²) in [6, 6.07) is 1.79. The van der Waals surface area contributed by atoms with E-state index in [2.05, 4.69) is 15.4 Å². The van der Waals surface area contributed by atoms with Crippen molar-refractivity contribution in [3.05, 3.63) is 33.8 Å². The van der Waals surface area contributed by atoms with E-state index in [-0.39, 0.29) is 24.1 Å². The van der Waals surface area contributed by atoms with Gasteiger partial charge in [-0.3, -0.25) is 9.36 Å². The second kappa shape index (κ2) is 5.82. The molecule has 2 unspecified atom stereocenters. The first-order valence-electron chi connectivity index (χ1n) is 9.48. The van der Waals surface area contributed by atoms with E-state index in [0.717, 1.165) is 25.0 Å². The van der Waals surface area contributed by atoms with Gasteiger partial charge in [-0.25, -0.2) is 9.89 Å². The van der Waals surface area contributed by atoms with Gasteiger partial charge < -0.3 is 9.42 Å². The number of nitrogens with one attached hydrogen (secondary N) is 1. The summed E-state index contributed by atoms with van der Waals surface area (Å²) in [5, 5.41) is 10.8. The lowest BCUT2D eigenvalue weighted by molar-refractivity contribution is -0.132. The van der Waals surface area contributed by atoms with E-state index < -0.39 is 0 Å². The van der Waals surface area contributed by atoms with Crippen LogP contribution >= 0.6 is 0 Å². The molecular weight excluding hydrogens is 334 g/mol. The number of carbonyl (C=O) groups excluding carboxylic acids is 1. The Kier molecular flexibility index (Phi) is 3.55. The van der Waals surface area contributed by atoms with Crippen LogP contribution in [0.4, 0.5) is 0 Å². The molecule has 0 aromatic carbocycles. The van der Waals surface area contributed by atoms with Crippen molar-refractivity contribution in [1.82, 2.24) is 24.8 Å². The van der Waals surface area contributed by atoms with Gasteiger partial charge in [0.25, 0.3) is 0 Å². The predicted octanol–water partition coefficient (Wildman–Crippen LogP) is 1.52. The van der Waals surface area contributed by atoms with Crippen LogP contribution in [-0.2, 0) is 18.3 Å². The number of hydrogen-bond acceptors (Lipinski definition) is 5. The second-order valence-electron chi connectivity index (χ2n) is 7.94. The van der Waals surface area contributed by atoms with Crippen LogP contribution in [0.2, 0.25) is 0 Å². The van der Waals surface area contributed by atoms with Crippen LogP contribution in [0.15, 0.2) is 15.4 Å². The minimum atomic E-state index is -0.238. The van der Waals surface area contributed by atoms with Crippen molar-refractivity contribution in [3.63, 3.8) is 0 Å². The Bertz CT molecular complexity index is 889. The fourth-order valence-electron chi connectivity index (χ4n) is 4.30. The largest absolute Gasteiger partial charge is 0.361 e. The molecule has 0 spiro atoms. The summed E-state index contributed by atoms with van der Waals surface area (Å²) in [6.45, 7) is 0.704. The highest BCUT2D eigenvalue weighted by atomic mass is 16.5. The van der Waals surface area contributed by atoms with Crippen LogP contribution in [0.25, 0.3) is 0 Å². The molecule has 1 N–H and O–H groups in total. The normalized spacial score (nSPS) is 25.8. The number of nitrogens with zero attached hydrogens (tertiary/aromatic N) is 4. The first-order chi connectivity index (χ1) is 12.6. The molecule has 0 bridgehead atoms. The van der Waals surface area contributed by atoms with Crippen molar-refractivity contribution in [3.8, 4) is 0 Å². The third kappa shape index (κ3) is 2.68. The molecule has 1 amide bonds. The molecule has 5 rings (SSSR count). The van der Waals surface area contributed by atoms with Crippen LogP contribution < -0.4 is 5.69 Å². The first kappa shape index (κ1) is 15.8. The topological polar surface area (TPSA) is 97.0 Å². The molecule has 1 saturated heterocycles. The molecule has 3 aliphatic rings. The third-order valence-electron chi connectivity index (χ3n) is 6.07. The smallest absolute Gasteiger partial charge is 0.343 e. The van der Waals surface area contributed by atoms with Gasteiger partial charge in [-0.15, -0.1) is 0 Å². The molecule has 1 aliphatic heterocycles. The van der Waals surface area contributed by atoms with Gasteiger partial charge in [0.05, 0.1) is 18.2 Å². The summed E-state index contributed by atoms with van der Waals surface area (Å²) < 4.78 is 6.91. The van der Waals surface area contributed by atoms with Gasteiger partial charge >= 0.3 is 5.69 Å². The van der Waals surface area contributed by atoms with Gasteiger partial charge in [-0.05, 0) is 43.9 Å². The SMILES string of the molecule is Cn1c(C2C(C3CC3)CCN2C(=O)Cc2cc(C3CC3)no2)n[nH]c1=O. The Labute approximate surface area is 150 Å². The maximum absolute atomic E-state index is 13.0. The number of aromatic nitrogens is 4. The zero-order valence-electron chi connectivity index (χ0n) is 14.9. The van der Waals surface area contributed by atoms with Crippen LogP contribution in [-0.4, -0.2) is 37.3 Å². The maximum atomic E-state index is 13.0. The Balaban J connectivity index is 1.39. The quantitative estimate of drug-likeness (QED) is 0.875. The molecule has 2 aromatic heterocycles. The second-order valence-corrected chi connectivity index (χ2v) is 7.94. The predicted molar refractivity (Wildman–Crippen MR) is 91.3 cm³/mol. The lowest BCUT2D eigenvalue weighted by Gasteiger charge is -2.27. The Morgan fingerprint density at radius 1 is 1.31 bits per heavy atom. The van der Waals surface area contributed by atoms with Gasteiger partial charge in [-0.1, -0.05) is 5.16 Å². The lowest BCUT2D eigenvalue weighted by atomic mass is 9.94. The fraction of sp³-hybridized carbons (Fsp3) is 0.667. The monoisotopic (exact) mass is 357 g/mol. The number of amides is 1. The molecule has 3 fully saturated rings. The summed E-state index contributed by atoms with van der Waals surface area (Å²) in [6.07, 6.45) is 5.90. The third-order valence-corrected chi connectivity index (χ3v) is 6.07. The number of hydrogen-bond donors (Lipinski definition) is 1. The van der Waals surface area contributed by atoms with Gasteiger partial charge in [0.2, 0.25) is 5.91 Å². The highest BCUT2D eigenvalue weighted by Gasteiger charge is 2.47. The molecule has 0 radical (unpaired) electrons. The average Bonchev–Trinajstić information content (AvgIpc) is 3.54. The van der Waals surface area contributed by atoms with E-state index in [4.69, 9.17) is 4.52 Å². The van der Waals surface area contributed by atoms with Gasteiger partial charge in [0.1, 0.15) is 5.76 Å². The number of carbonyl (C=O) groups is 1. The number of aromatic amines is 1. The summed E-state index contributed by atoms with van der Waals surface area (Å²) in [5.41, 5.74) is 0.731.